The third kappa shape index (κ3) is 3.98. The van der Waals surface area contributed by atoms with Crippen LogP contribution in [0.25, 0.3) is 5.69 Å². The van der Waals surface area contributed by atoms with Gasteiger partial charge >= 0.3 is 5.69 Å². The molecule has 3 aromatic rings. The minimum absolute atomic E-state index is 0.0288. The summed E-state index contributed by atoms with van der Waals surface area (Å²) in [7, 11) is 0. The fourth-order valence-electron chi connectivity index (χ4n) is 2.56. The number of carbonyl (C=O) groups is 1. The van der Waals surface area contributed by atoms with E-state index in [0.29, 0.717) is 17.3 Å². The van der Waals surface area contributed by atoms with Crippen LogP contribution < -0.4 is 16.6 Å². The molecule has 138 valence electrons. The molecule has 1 heterocycles. The Morgan fingerprint density at radius 1 is 1.07 bits per heavy atom. The SMILES string of the molecule is CCNC(=O)c1nn(-c2ccc(Cl)cc2)c(=O)n(Cc2ccccc2)c1=O. The Bertz CT molecular complexity index is 1070. The van der Waals surface area contributed by atoms with Crippen LogP contribution in [0.3, 0.4) is 0 Å². The smallest absolute Gasteiger partial charge is 0.351 e. The van der Waals surface area contributed by atoms with Gasteiger partial charge in [0.05, 0.1) is 12.2 Å². The number of hydrogen-bond donors (Lipinski definition) is 1. The summed E-state index contributed by atoms with van der Waals surface area (Å²) >= 11 is 5.90. The van der Waals surface area contributed by atoms with Gasteiger partial charge in [-0.25, -0.2) is 4.79 Å². The van der Waals surface area contributed by atoms with Crippen molar-refractivity contribution in [2.75, 3.05) is 6.54 Å². The maximum Gasteiger partial charge on any atom is 0.352 e. The van der Waals surface area contributed by atoms with Crippen LogP contribution in [0.2, 0.25) is 5.02 Å². The molecule has 0 aliphatic heterocycles. The lowest BCUT2D eigenvalue weighted by atomic mass is 10.2. The Morgan fingerprint density at radius 3 is 2.37 bits per heavy atom. The Balaban J connectivity index is 2.21. The first-order valence-electron chi connectivity index (χ1n) is 8.33. The van der Waals surface area contributed by atoms with E-state index in [1.165, 1.54) is 0 Å². The highest BCUT2D eigenvalue weighted by atomic mass is 35.5. The van der Waals surface area contributed by atoms with E-state index in [-0.39, 0.29) is 12.2 Å². The van der Waals surface area contributed by atoms with E-state index in [1.54, 1.807) is 43.3 Å². The Kier molecular flexibility index (Phi) is 5.52. The molecular weight excluding hydrogens is 368 g/mol. The van der Waals surface area contributed by atoms with Crippen LogP contribution in [0.15, 0.2) is 64.2 Å². The average molecular weight is 385 g/mol. The summed E-state index contributed by atoms with van der Waals surface area (Å²) in [5.74, 6) is -0.632. The van der Waals surface area contributed by atoms with Crippen molar-refractivity contribution in [3.63, 3.8) is 0 Å². The Hall–Kier alpha value is -3.19. The van der Waals surface area contributed by atoms with E-state index >= 15 is 0 Å². The summed E-state index contributed by atoms with van der Waals surface area (Å²) in [4.78, 5) is 38.0. The first kappa shape index (κ1) is 18.6. The summed E-state index contributed by atoms with van der Waals surface area (Å²) in [5, 5.41) is 7.05. The molecule has 0 radical (unpaired) electrons. The second kappa shape index (κ2) is 8.01. The number of nitrogens with one attached hydrogen (secondary N) is 1. The molecule has 7 nitrogen and oxygen atoms in total. The molecule has 0 fully saturated rings. The number of halogens is 1. The molecule has 0 aliphatic rings. The van der Waals surface area contributed by atoms with Gasteiger partial charge in [-0.15, -0.1) is 0 Å². The molecule has 0 bridgehead atoms. The molecule has 0 spiro atoms. The van der Waals surface area contributed by atoms with Crippen LogP contribution in [-0.2, 0) is 6.54 Å². The van der Waals surface area contributed by atoms with E-state index in [2.05, 4.69) is 10.4 Å². The third-order valence-corrected chi connectivity index (χ3v) is 4.12. The van der Waals surface area contributed by atoms with Crippen molar-refractivity contribution >= 4 is 17.5 Å². The molecule has 1 amide bonds. The lowest BCUT2D eigenvalue weighted by Crippen LogP contribution is -2.46. The number of nitrogens with zero attached hydrogens (tertiary/aromatic N) is 3. The van der Waals surface area contributed by atoms with Crippen molar-refractivity contribution in [2.45, 2.75) is 13.5 Å². The molecule has 1 N–H and O–H groups in total. The quantitative estimate of drug-likeness (QED) is 0.727. The molecule has 0 saturated heterocycles. The van der Waals surface area contributed by atoms with Crippen LogP contribution in [0, 0.1) is 0 Å². The topological polar surface area (TPSA) is 86.0 Å². The number of hydrogen-bond acceptors (Lipinski definition) is 4. The third-order valence-electron chi connectivity index (χ3n) is 3.87. The van der Waals surface area contributed by atoms with Crippen molar-refractivity contribution < 1.29 is 4.79 Å². The highest BCUT2D eigenvalue weighted by Gasteiger charge is 2.20. The van der Waals surface area contributed by atoms with E-state index < -0.39 is 17.2 Å². The maximum atomic E-state index is 12.9. The number of benzene rings is 2. The van der Waals surface area contributed by atoms with Gasteiger partial charge in [-0.3, -0.25) is 14.2 Å². The normalized spacial score (nSPS) is 10.6. The molecule has 8 heteroatoms. The van der Waals surface area contributed by atoms with E-state index in [1.807, 2.05) is 18.2 Å². The van der Waals surface area contributed by atoms with Crippen LogP contribution in [0.1, 0.15) is 23.0 Å². The second-order valence-corrected chi connectivity index (χ2v) is 6.19. The van der Waals surface area contributed by atoms with Gasteiger partial charge in [-0.05, 0) is 36.8 Å². The van der Waals surface area contributed by atoms with E-state index in [9.17, 15) is 14.4 Å². The van der Waals surface area contributed by atoms with Crippen LogP contribution >= 0.6 is 11.6 Å². The van der Waals surface area contributed by atoms with Crippen molar-refractivity contribution in [3.8, 4) is 5.69 Å². The molecular formula is C19H17ClN4O3. The number of rotatable bonds is 5. The van der Waals surface area contributed by atoms with Crippen LogP contribution in [0.4, 0.5) is 0 Å². The second-order valence-electron chi connectivity index (χ2n) is 5.76. The van der Waals surface area contributed by atoms with Crippen molar-refractivity contribution in [1.29, 1.82) is 0 Å². The maximum absolute atomic E-state index is 12.9. The lowest BCUT2D eigenvalue weighted by molar-refractivity contribution is 0.0946. The summed E-state index contributed by atoms with van der Waals surface area (Å²) in [6.45, 7) is 2.09. The standard InChI is InChI=1S/C19H17ClN4O3/c1-2-21-17(25)16-18(26)23(12-13-6-4-3-5-7-13)19(27)24(22-16)15-10-8-14(20)9-11-15/h3-11H,2,12H2,1H3,(H,21,25). The summed E-state index contributed by atoms with van der Waals surface area (Å²) in [6, 6.07) is 15.4. The molecule has 2 aromatic carbocycles. The fourth-order valence-corrected chi connectivity index (χ4v) is 2.68. The zero-order valence-corrected chi connectivity index (χ0v) is 15.3. The predicted molar refractivity (Wildman–Crippen MR) is 103 cm³/mol. The minimum atomic E-state index is -0.736. The largest absolute Gasteiger partial charge is 0.352 e. The average Bonchev–Trinajstić information content (AvgIpc) is 2.67. The van der Waals surface area contributed by atoms with Crippen molar-refractivity contribution in [1.82, 2.24) is 19.7 Å². The highest BCUT2D eigenvalue weighted by Crippen LogP contribution is 2.11. The van der Waals surface area contributed by atoms with Gasteiger partial charge < -0.3 is 5.32 Å². The molecule has 0 atom stereocenters. The summed E-state index contributed by atoms with van der Waals surface area (Å²) < 4.78 is 2.03. The van der Waals surface area contributed by atoms with Gasteiger partial charge in [-0.2, -0.15) is 9.78 Å². The fraction of sp³-hybridized carbons (Fsp3) is 0.158. The lowest BCUT2D eigenvalue weighted by Gasteiger charge is -2.12. The molecule has 27 heavy (non-hydrogen) atoms. The Labute approximate surface area is 159 Å². The molecule has 1 aromatic heterocycles. The van der Waals surface area contributed by atoms with Gasteiger partial charge in [0.25, 0.3) is 11.5 Å². The molecule has 3 rings (SSSR count). The number of carbonyl (C=O) groups excluding carboxylic acids is 1. The van der Waals surface area contributed by atoms with Crippen LogP contribution in [0.5, 0.6) is 0 Å². The van der Waals surface area contributed by atoms with Gasteiger partial charge in [0.2, 0.25) is 5.69 Å². The van der Waals surface area contributed by atoms with Gasteiger partial charge in [0.1, 0.15) is 0 Å². The van der Waals surface area contributed by atoms with Crippen LogP contribution in [-0.4, -0.2) is 26.8 Å². The molecule has 0 saturated carbocycles. The van der Waals surface area contributed by atoms with Gasteiger partial charge in [-0.1, -0.05) is 41.9 Å². The van der Waals surface area contributed by atoms with Crippen molar-refractivity contribution in [3.05, 3.63) is 91.7 Å². The zero-order chi connectivity index (χ0) is 19.4. The molecule has 0 aliphatic carbocycles. The first-order chi connectivity index (χ1) is 13.0. The Morgan fingerprint density at radius 2 is 1.74 bits per heavy atom. The van der Waals surface area contributed by atoms with Gasteiger partial charge in [0, 0.05) is 11.6 Å². The van der Waals surface area contributed by atoms with E-state index in [4.69, 9.17) is 11.6 Å². The predicted octanol–water partition coefficient (Wildman–Crippen LogP) is 1.85. The number of amides is 1. The first-order valence-corrected chi connectivity index (χ1v) is 8.71. The minimum Gasteiger partial charge on any atom is -0.351 e. The van der Waals surface area contributed by atoms with E-state index in [0.717, 1.165) is 14.8 Å². The summed E-state index contributed by atoms with van der Waals surface area (Å²) in [5.41, 5.74) is -0.564. The zero-order valence-electron chi connectivity index (χ0n) is 14.6. The molecule has 0 unspecified atom stereocenters. The van der Waals surface area contributed by atoms with Gasteiger partial charge in [0.15, 0.2) is 0 Å². The summed E-state index contributed by atoms with van der Waals surface area (Å²) in [6.07, 6.45) is 0. The number of aromatic nitrogens is 3. The monoisotopic (exact) mass is 384 g/mol. The van der Waals surface area contributed by atoms with Crippen molar-refractivity contribution in [2.24, 2.45) is 0 Å². The highest BCUT2D eigenvalue weighted by molar-refractivity contribution is 6.30.